The maximum Gasteiger partial charge on any atom is 0.0587 e. The number of hydrogen-bond acceptors (Lipinski definition) is 3. The van der Waals surface area contributed by atoms with E-state index in [0.717, 1.165) is 26.2 Å². The summed E-state index contributed by atoms with van der Waals surface area (Å²) in [7, 11) is 1.72. The number of methoxy groups -OCH3 is 1. The molecule has 1 aromatic carbocycles. The molecule has 96 valence electrons. The van der Waals surface area contributed by atoms with Gasteiger partial charge in [-0.25, -0.2) is 0 Å². The van der Waals surface area contributed by atoms with Gasteiger partial charge in [0.05, 0.1) is 6.61 Å². The van der Waals surface area contributed by atoms with Gasteiger partial charge in [-0.15, -0.1) is 0 Å². The van der Waals surface area contributed by atoms with Crippen LogP contribution in [0.1, 0.15) is 16.7 Å². The number of hydrogen-bond donors (Lipinski definition) is 2. The minimum atomic E-state index is 0.766. The topological polar surface area (TPSA) is 33.3 Å². The normalized spacial score (nSPS) is 10.6. The van der Waals surface area contributed by atoms with Crippen LogP contribution in [0.3, 0.4) is 0 Å². The number of benzene rings is 1. The third-order valence-electron chi connectivity index (χ3n) is 2.76. The lowest BCUT2D eigenvalue weighted by molar-refractivity contribution is 0.200. The van der Waals surface area contributed by atoms with Crippen molar-refractivity contribution in [3.63, 3.8) is 0 Å². The minimum Gasteiger partial charge on any atom is -0.383 e. The lowest BCUT2D eigenvalue weighted by atomic mass is 10.1. The van der Waals surface area contributed by atoms with Crippen LogP contribution < -0.4 is 10.6 Å². The molecular weight excluding hydrogens is 212 g/mol. The summed E-state index contributed by atoms with van der Waals surface area (Å²) in [6.45, 7) is 10.0. The first-order valence-electron chi connectivity index (χ1n) is 6.16. The van der Waals surface area contributed by atoms with Crippen LogP contribution in [0.2, 0.25) is 0 Å². The first kappa shape index (κ1) is 14.0. The number of anilines is 1. The first-order valence-corrected chi connectivity index (χ1v) is 6.16. The predicted octanol–water partition coefficient (Wildman–Crippen LogP) is 2.26. The van der Waals surface area contributed by atoms with Gasteiger partial charge < -0.3 is 15.4 Å². The average molecular weight is 236 g/mol. The molecule has 0 radical (unpaired) electrons. The second-order valence-electron chi connectivity index (χ2n) is 4.44. The van der Waals surface area contributed by atoms with E-state index < -0.39 is 0 Å². The molecule has 0 saturated carbocycles. The Labute approximate surface area is 105 Å². The molecule has 0 spiro atoms. The Morgan fingerprint density at radius 1 is 1.00 bits per heavy atom. The Morgan fingerprint density at radius 2 is 1.65 bits per heavy atom. The molecule has 17 heavy (non-hydrogen) atoms. The van der Waals surface area contributed by atoms with Crippen molar-refractivity contribution in [3.05, 3.63) is 28.8 Å². The molecule has 3 heteroatoms. The summed E-state index contributed by atoms with van der Waals surface area (Å²) in [5.74, 6) is 0. The quantitative estimate of drug-likeness (QED) is 0.712. The van der Waals surface area contributed by atoms with Gasteiger partial charge in [0.1, 0.15) is 0 Å². The first-order chi connectivity index (χ1) is 8.15. The molecule has 0 fully saturated rings. The molecule has 0 aromatic heterocycles. The summed E-state index contributed by atoms with van der Waals surface area (Å²) in [5, 5.41) is 6.80. The standard InChI is InChI=1S/C14H24N2O/c1-11-9-12(2)14(13(3)10-11)16-6-5-15-7-8-17-4/h9-10,15-16H,5-8H2,1-4H3. The maximum absolute atomic E-state index is 4.98. The van der Waals surface area contributed by atoms with E-state index in [-0.39, 0.29) is 0 Å². The third kappa shape index (κ3) is 4.75. The maximum atomic E-state index is 4.98. The van der Waals surface area contributed by atoms with Gasteiger partial charge in [-0.1, -0.05) is 17.7 Å². The monoisotopic (exact) mass is 236 g/mol. The fraction of sp³-hybridized carbons (Fsp3) is 0.571. The zero-order valence-electron chi connectivity index (χ0n) is 11.4. The van der Waals surface area contributed by atoms with Crippen molar-refractivity contribution in [1.29, 1.82) is 0 Å². The molecule has 0 aliphatic heterocycles. The largest absolute Gasteiger partial charge is 0.383 e. The van der Waals surface area contributed by atoms with Crippen molar-refractivity contribution in [2.45, 2.75) is 20.8 Å². The van der Waals surface area contributed by atoms with E-state index in [1.165, 1.54) is 22.4 Å². The second-order valence-corrected chi connectivity index (χ2v) is 4.44. The smallest absolute Gasteiger partial charge is 0.0587 e. The number of nitrogens with one attached hydrogen (secondary N) is 2. The zero-order valence-corrected chi connectivity index (χ0v) is 11.4. The minimum absolute atomic E-state index is 0.766. The highest BCUT2D eigenvalue weighted by atomic mass is 16.5. The van der Waals surface area contributed by atoms with Crippen LogP contribution in [0.15, 0.2) is 12.1 Å². The van der Waals surface area contributed by atoms with E-state index in [4.69, 9.17) is 4.74 Å². The Hall–Kier alpha value is -1.06. The molecule has 0 saturated heterocycles. The van der Waals surface area contributed by atoms with Crippen LogP contribution in [0.4, 0.5) is 5.69 Å². The summed E-state index contributed by atoms with van der Waals surface area (Å²) < 4.78 is 4.98. The molecule has 2 N–H and O–H groups in total. The van der Waals surface area contributed by atoms with Crippen molar-refractivity contribution < 1.29 is 4.74 Å². The molecule has 1 rings (SSSR count). The van der Waals surface area contributed by atoms with Crippen LogP contribution in [-0.2, 0) is 4.74 Å². The number of aryl methyl sites for hydroxylation is 3. The fourth-order valence-electron chi connectivity index (χ4n) is 2.03. The average Bonchev–Trinajstić information content (AvgIpc) is 2.26. The zero-order chi connectivity index (χ0) is 12.7. The highest BCUT2D eigenvalue weighted by Gasteiger charge is 2.02. The van der Waals surface area contributed by atoms with E-state index >= 15 is 0 Å². The fourth-order valence-corrected chi connectivity index (χ4v) is 2.03. The Balaban J connectivity index is 2.36. The van der Waals surface area contributed by atoms with Crippen molar-refractivity contribution in [3.8, 4) is 0 Å². The number of ether oxygens (including phenoxy) is 1. The Kier molecular flexibility index (Phi) is 6.01. The molecule has 0 aliphatic rings. The van der Waals surface area contributed by atoms with Crippen molar-refractivity contribution in [1.82, 2.24) is 5.32 Å². The van der Waals surface area contributed by atoms with E-state index in [1.807, 2.05) is 0 Å². The van der Waals surface area contributed by atoms with Crippen molar-refractivity contribution in [2.75, 3.05) is 38.7 Å². The van der Waals surface area contributed by atoms with Crippen LogP contribution >= 0.6 is 0 Å². The van der Waals surface area contributed by atoms with E-state index in [1.54, 1.807) is 7.11 Å². The molecule has 0 heterocycles. The predicted molar refractivity (Wildman–Crippen MR) is 73.9 cm³/mol. The van der Waals surface area contributed by atoms with Crippen LogP contribution in [0, 0.1) is 20.8 Å². The molecule has 0 unspecified atom stereocenters. The van der Waals surface area contributed by atoms with Crippen LogP contribution in [0.5, 0.6) is 0 Å². The van der Waals surface area contributed by atoms with Gasteiger partial charge in [0, 0.05) is 32.4 Å². The van der Waals surface area contributed by atoms with Gasteiger partial charge in [-0.2, -0.15) is 0 Å². The van der Waals surface area contributed by atoms with Crippen molar-refractivity contribution >= 4 is 5.69 Å². The second kappa shape index (κ2) is 7.30. The lowest BCUT2D eigenvalue weighted by Crippen LogP contribution is -2.25. The van der Waals surface area contributed by atoms with Crippen LogP contribution in [-0.4, -0.2) is 33.4 Å². The highest BCUT2D eigenvalue weighted by molar-refractivity contribution is 5.58. The summed E-state index contributed by atoms with van der Waals surface area (Å²) >= 11 is 0. The van der Waals surface area contributed by atoms with Gasteiger partial charge >= 0.3 is 0 Å². The van der Waals surface area contributed by atoms with E-state index in [9.17, 15) is 0 Å². The Bertz CT molecular complexity index is 327. The molecule has 0 atom stereocenters. The molecule has 0 amide bonds. The molecular formula is C14H24N2O. The third-order valence-corrected chi connectivity index (χ3v) is 2.76. The van der Waals surface area contributed by atoms with Gasteiger partial charge in [0.2, 0.25) is 0 Å². The summed E-state index contributed by atoms with van der Waals surface area (Å²) in [5.41, 5.74) is 5.23. The van der Waals surface area contributed by atoms with Gasteiger partial charge in [0.25, 0.3) is 0 Å². The molecule has 1 aromatic rings. The van der Waals surface area contributed by atoms with Gasteiger partial charge in [-0.05, 0) is 31.9 Å². The van der Waals surface area contributed by atoms with Gasteiger partial charge in [-0.3, -0.25) is 0 Å². The van der Waals surface area contributed by atoms with E-state index in [0.29, 0.717) is 0 Å². The number of rotatable bonds is 7. The summed E-state index contributed by atoms with van der Waals surface area (Å²) in [6, 6.07) is 4.43. The Morgan fingerprint density at radius 3 is 2.24 bits per heavy atom. The summed E-state index contributed by atoms with van der Waals surface area (Å²) in [4.78, 5) is 0. The van der Waals surface area contributed by atoms with E-state index in [2.05, 4.69) is 43.5 Å². The summed E-state index contributed by atoms with van der Waals surface area (Å²) in [6.07, 6.45) is 0. The highest BCUT2D eigenvalue weighted by Crippen LogP contribution is 2.21. The molecule has 0 aliphatic carbocycles. The van der Waals surface area contributed by atoms with Gasteiger partial charge in [0.15, 0.2) is 0 Å². The lowest BCUT2D eigenvalue weighted by Gasteiger charge is -2.14. The molecule has 0 bridgehead atoms. The van der Waals surface area contributed by atoms with Crippen molar-refractivity contribution in [2.24, 2.45) is 0 Å². The SMILES string of the molecule is COCCNCCNc1c(C)cc(C)cc1C. The van der Waals surface area contributed by atoms with Crippen LogP contribution in [0.25, 0.3) is 0 Å². The molecule has 3 nitrogen and oxygen atoms in total.